The molecule has 4 aromatic rings. The zero-order chi connectivity index (χ0) is 24.1. The van der Waals surface area contributed by atoms with Gasteiger partial charge >= 0.3 is 5.97 Å². The molecule has 0 saturated carbocycles. The minimum Gasteiger partial charge on any atom is -0.488 e. The minimum absolute atomic E-state index is 0.0558. The van der Waals surface area contributed by atoms with Gasteiger partial charge in [-0.25, -0.2) is 4.79 Å². The zero-order valence-corrected chi connectivity index (χ0v) is 19.7. The van der Waals surface area contributed by atoms with E-state index < -0.39 is 5.97 Å². The molecule has 174 valence electrons. The van der Waals surface area contributed by atoms with E-state index in [1.165, 1.54) is 0 Å². The quantitative estimate of drug-likeness (QED) is 0.366. The van der Waals surface area contributed by atoms with E-state index >= 15 is 0 Å². The molecule has 0 atom stereocenters. The maximum Gasteiger partial charge on any atom is 0.343 e. The van der Waals surface area contributed by atoms with E-state index in [0.29, 0.717) is 29.4 Å². The number of tetrazole rings is 1. The molecule has 0 unspecified atom stereocenters. The molecule has 2 aromatic carbocycles. The molecule has 2 heterocycles. The van der Waals surface area contributed by atoms with E-state index in [2.05, 4.69) is 25.6 Å². The number of carbonyl (C=O) groups is 1. The fourth-order valence-corrected chi connectivity index (χ4v) is 3.75. The second kappa shape index (κ2) is 10.2. The lowest BCUT2D eigenvalue weighted by Gasteiger charge is -2.17. The fraction of sp³-hybridized carbons (Fsp3) is 0.269. The van der Waals surface area contributed by atoms with Gasteiger partial charge in [-0.15, -0.1) is 10.2 Å². The maximum atomic E-state index is 12.7. The Morgan fingerprint density at radius 1 is 1.06 bits per heavy atom. The predicted molar refractivity (Wildman–Crippen MR) is 128 cm³/mol. The van der Waals surface area contributed by atoms with Crippen LogP contribution in [0.3, 0.4) is 0 Å². The fourth-order valence-electron chi connectivity index (χ4n) is 3.75. The van der Waals surface area contributed by atoms with Crippen LogP contribution in [0.25, 0.3) is 22.5 Å². The molecular weight excluding hydrogens is 430 g/mol. The van der Waals surface area contributed by atoms with Crippen LogP contribution in [0.4, 0.5) is 0 Å². The number of aromatic amines is 1. The summed E-state index contributed by atoms with van der Waals surface area (Å²) in [4.78, 5) is 17.3. The van der Waals surface area contributed by atoms with Crippen molar-refractivity contribution < 1.29 is 14.3 Å². The highest BCUT2D eigenvalue weighted by Crippen LogP contribution is 2.31. The van der Waals surface area contributed by atoms with Crippen molar-refractivity contribution in [1.29, 1.82) is 0 Å². The first-order chi connectivity index (χ1) is 16.5. The van der Waals surface area contributed by atoms with Crippen molar-refractivity contribution in [3.8, 4) is 28.3 Å². The average molecular weight is 458 g/mol. The van der Waals surface area contributed by atoms with Crippen LogP contribution in [0.5, 0.6) is 5.75 Å². The molecule has 0 aliphatic heterocycles. The number of nitrogens with zero attached hydrogens (tertiary/aromatic N) is 4. The molecule has 0 aliphatic carbocycles. The number of aromatic nitrogens is 5. The molecule has 0 amide bonds. The molecular formula is C26H27N5O3. The molecule has 0 radical (unpaired) electrons. The summed E-state index contributed by atoms with van der Waals surface area (Å²) < 4.78 is 11.4. The van der Waals surface area contributed by atoms with E-state index in [1.807, 2.05) is 69.3 Å². The summed E-state index contributed by atoms with van der Waals surface area (Å²) in [5.41, 5.74) is 5.77. The highest BCUT2D eigenvalue weighted by molar-refractivity contribution is 5.94. The molecule has 0 aliphatic rings. The normalized spacial score (nSPS) is 11.0. The Labute approximate surface area is 198 Å². The SMILES string of the molecule is CCOC(=O)c1c(OCc2ccc(-c3ccccc3-c3nn[nH]n3)cc2)cc(C)nc1C(C)C. The van der Waals surface area contributed by atoms with E-state index in [0.717, 1.165) is 27.9 Å². The van der Waals surface area contributed by atoms with Crippen LogP contribution in [0, 0.1) is 6.92 Å². The number of esters is 1. The number of hydrogen-bond acceptors (Lipinski definition) is 7. The molecule has 8 heteroatoms. The molecule has 0 spiro atoms. The number of aryl methyl sites for hydroxylation is 1. The summed E-state index contributed by atoms with van der Waals surface area (Å²) in [6, 6.07) is 17.8. The number of H-pyrrole nitrogens is 1. The first-order valence-electron chi connectivity index (χ1n) is 11.2. The maximum absolute atomic E-state index is 12.7. The average Bonchev–Trinajstić information content (AvgIpc) is 3.37. The van der Waals surface area contributed by atoms with Crippen LogP contribution in [-0.2, 0) is 11.3 Å². The van der Waals surface area contributed by atoms with Gasteiger partial charge < -0.3 is 9.47 Å². The van der Waals surface area contributed by atoms with Crippen molar-refractivity contribution >= 4 is 5.97 Å². The van der Waals surface area contributed by atoms with Crippen molar-refractivity contribution in [3.05, 3.63) is 77.1 Å². The zero-order valence-electron chi connectivity index (χ0n) is 19.7. The largest absolute Gasteiger partial charge is 0.488 e. The lowest BCUT2D eigenvalue weighted by Crippen LogP contribution is -2.14. The second-order valence-corrected chi connectivity index (χ2v) is 8.16. The number of pyridine rings is 1. The lowest BCUT2D eigenvalue weighted by atomic mass is 9.98. The number of benzene rings is 2. The van der Waals surface area contributed by atoms with Crippen molar-refractivity contribution in [3.63, 3.8) is 0 Å². The summed E-state index contributed by atoms with van der Waals surface area (Å²) in [5, 5.41) is 14.4. The van der Waals surface area contributed by atoms with Gasteiger partial charge in [0.15, 0.2) is 0 Å². The highest BCUT2D eigenvalue weighted by Gasteiger charge is 2.23. The first-order valence-corrected chi connectivity index (χ1v) is 11.2. The van der Waals surface area contributed by atoms with E-state index in [-0.39, 0.29) is 12.5 Å². The third-order valence-corrected chi connectivity index (χ3v) is 5.34. The Kier molecular flexibility index (Phi) is 6.96. The van der Waals surface area contributed by atoms with Crippen LogP contribution in [0.1, 0.15) is 54.0 Å². The van der Waals surface area contributed by atoms with Gasteiger partial charge in [-0.05, 0) is 41.7 Å². The third-order valence-electron chi connectivity index (χ3n) is 5.34. The van der Waals surface area contributed by atoms with Crippen LogP contribution in [0.15, 0.2) is 54.6 Å². The Hall–Kier alpha value is -4.07. The Morgan fingerprint density at radius 2 is 1.79 bits per heavy atom. The number of carbonyl (C=O) groups excluding carboxylic acids is 1. The van der Waals surface area contributed by atoms with Gasteiger partial charge in [0, 0.05) is 17.3 Å². The van der Waals surface area contributed by atoms with Crippen LogP contribution in [-0.4, -0.2) is 38.2 Å². The Morgan fingerprint density at radius 3 is 2.44 bits per heavy atom. The summed E-state index contributed by atoms with van der Waals surface area (Å²) >= 11 is 0. The summed E-state index contributed by atoms with van der Waals surface area (Å²) in [5.74, 6) is 0.673. The van der Waals surface area contributed by atoms with Gasteiger partial charge in [0.25, 0.3) is 0 Å². The van der Waals surface area contributed by atoms with Gasteiger partial charge in [-0.1, -0.05) is 62.4 Å². The summed E-state index contributed by atoms with van der Waals surface area (Å²) in [7, 11) is 0. The van der Waals surface area contributed by atoms with Crippen LogP contribution >= 0.6 is 0 Å². The second-order valence-electron chi connectivity index (χ2n) is 8.16. The summed E-state index contributed by atoms with van der Waals surface area (Å²) in [6.07, 6.45) is 0. The van der Waals surface area contributed by atoms with E-state index in [9.17, 15) is 4.79 Å². The topological polar surface area (TPSA) is 103 Å². The number of nitrogens with one attached hydrogen (secondary N) is 1. The number of ether oxygens (including phenoxy) is 2. The van der Waals surface area contributed by atoms with Crippen LogP contribution in [0.2, 0.25) is 0 Å². The molecule has 8 nitrogen and oxygen atoms in total. The molecule has 0 saturated heterocycles. The molecule has 0 fully saturated rings. The highest BCUT2D eigenvalue weighted by atomic mass is 16.5. The van der Waals surface area contributed by atoms with Gasteiger partial charge in [-0.3, -0.25) is 4.98 Å². The minimum atomic E-state index is -0.415. The number of hydrogen-bond donors (Lipinski definition) is 1. The molecule has 34 heavy (non-hydrogen) atoms. The van der Waals surface area contributed by atoms with E-state index in [4.69, 9.17) is 9.47 Å². The van der Waals surface area contributed by atoms with Crippen molar-refractivity contribution in [1.82, 2.24) is 25.6 Å². The molecule has 2 aromatic heterocycles. The predicted octanol–water partition coefficient (Wildman–Crippen LogP) is 5.12. The van der Waals surface area contributed by atoms with Crippen molar-refractivity contribution in [2.75, 3.05) is 6.61 Å². The molecule has 0 bridgehead atoms. The standard InChI is InChI=1S/C26H27N5O3/c1-5-33-26(32)23-22(14-17(4)27-24(23)16(2)3)34-15-18-10-12-19(13-11-18)20-8-6-7-9-21(20)25-28-30-31-29-25/h6-14,16H,5,15H2,1-4H3,(H,28,29,30,31). The monoisotopic (exact) mass is 457 g/mol. The summed E-state index contributed by atoms with van der Waals surface area (Å²) in [6.45, 7) is 8.27. The van der Waals surface area contributed by atoms with Gasteiger partial charge in [0.05, 0.1) is 12.3 Å². The number of rotatable bonds is 8. The smallest absolute Gasteiger partial charge is 0.343 e. The van der Waals surface area contributed by atoms with Gasteiger partial charge in [0.1, 0.15) is 17.9 Å². The van der Waals surface area contributed by atoms with Crippen LogP contribution < -0.4 is 4.74 Å². The van der Waals surface area contributed by atoms with E-state index in [1.54, 1.807) is 13.0 Å². The van der Waals surface area contributed by atoms with Crippen molar-refractivity contribution in [2.45, 2.75) is 40.2 Å². The Balaban J connectivity index is 1.58. The van der Waals surface area contributed by atoms with Gasteiger partial charge in [0.2, 0.25) is 5.82 Å². The van der Waals surface area contributed by atoms with Gasteiger partial charge in [-0.2, -0.15) is 5.21 Å². The first kappa shape index (κ1) is 23.1. The lowest BCUT2D eigenvalue weighted by molar-refractivity contribution is 0.0518. The molecule has 4 rings (SSSR count). The van der Waals surface area contributed by atoms with Crippen molar-refractivity contribution in [2.24, 2.45) is 0 Å². The molecule has 1 N–H and O–H groups in total. The third kappa shape index (κ3) is 4.96. The Bertz CT molecular complexity index is 1270.